The molecule has 0 N–H and O–H groups in total. The molecule has 0 fully saturated rings. The van der Waals surface area contributed by atoms with Crippen LogP contribution < -0.4 is 0 Å². The second kappa shape index (κ2) is 5.45. The summed E-state index contributed by atoms with van der Waals surface area (Å²) in [5, 5.41) is 0. The third kappa shape index (κ3) is 3.58. The maximum Gasteiger partial charge on any atom is 0.416 e. The first-order valence-electron chi connectivity index (χ1n) is 5.25. The van der Waals surface area contributed by atoms with Crippen LogP contribution >= 0.6 is 15.9 Å². The van der Waals surface area contributed by atoms with Gasteiger partial charge in [-0.05, 0) is 46.3 Å². The quantitative estimate of drug-likeness (QED) is 0.659. The van der Waals surface area contributed by atoms with E-state index in [0.29, 0.717) is 5.56 Å². The lowest BCUT2D eigenvalue weighted by Crippen LogP contribution is -2.04. The van der Waals surface area contributed by atoms with E-state index in [9.17, 15) is 13.2 Å². The van der Waals surface area contributed by atoms with Crippen molar-refractivity contribution >= 4 is 15.9 Å². The van der Waals surface area contributed by atoms with E-state index in [4.69, 9.17) is 0 Å². The number of nitrogens with zero attached hydrogens (tertiary/aromatic N) is 1. The highest BCUT2D eigenvalue weighted by atomic mass is 79.9. The lowest BCUT2D eigenvalue weighted by atomic mass is 10.1. The molecule has 1 aromatic heterocycles. The van der Waals surface area contributed by atoms with Crippen molar-refractivity contribution < 1.29 is 13.2 Å². The van der Waals surface area contributed by atoms with Gasteiger partial charge in [0.1, 0.15) is 0 Å². The van der Waals surface area contributed by atoms with Crippen molar-refractivity contribution in [3.05, 3.63) is 63.9 Å². The van der Waals surface area contributed by atoms with E-state index in [0.717, 1.165) is 22.2 Å². The van der Waals surface area contributed by atoms with Gasteiger partial charge in [-0.3, -0.25) is 4.98 Å². The number of aromatic nitrogens is 1. The lowest BCUT2D eigenvalue weighted by Gasteiger charge is -2.05. The first-order chi connectivity index (χ1) is 8.97. The Morgan fingerprint density at radius 2 is 1.68 bits per heavy atom. The molecule has 0 bridgehead atoms. The van der Waals surface area contributed by atoms with Gasteiger partial charge in [0.15, 0.2) is 0 Å². The molecule has 0 amide bonds. The van der Waals surface area contributed by atoms with Crippen LogP contribution in [0.15, 0.2) is 47.2 Å². The fourth-order valence-electron chi connectivity index (χ4n) is 1.36. The van der Waals surface area contributed by atoms with Crippen LogP contribution in [-0.4, -0.2) is 4.98 Å². The van der Waals surface area contributed by atoms with Gasteiger partial charge in [0, 0.05) is 23.5 Å². The van der Waals surface area contributed by atoms with Crippen LogP contribution in [-0.2, 0) is 6.18 Å². The number of hydrogen-bond acceptors (Lipinski definition) is 1. The molecule has 1 heterocycles. The molecular weight excluding hydrogens is 319 g/mol. The summed E-state index contributed by atoms with van der Waals surface area (Å²) >= 11 is 3.29. The SMILES string of the molecule is FC(F)(F)c1ccc(C#Cc2ccncc2Br)cc1. The molecule has 5 heteroatoms. The Labute approximate surface area is 116 Å². The largest absolute Gasteiger partial charge is 0.416 e. The average molecular weight is 326 g/mol. The molecule has 19 heavy (non-hydrogen) atoms. The molecule has 1 aromatic carbocycles. The van der Waals surface area contributed by atoms with Crippen LogP contribution in [0.1, 0.15) is 16.7 Å². The molecule has 2 aromatic rings. The molecule has 0 unspecified atom stereocenters. The Morgan fingerprint density at radius 3 is 2.26 bits per heavy atom. The zero-order chi connectivity index (χ0) is 13.9. The Bertz CT molecular complexity index is 636. The van der Waals surface area contributed by atoms with Gasteiger partial charge in [-0.2, -0.15) is 13.2 Å². The molecule has 0 aliphatic heterocycles. The molecule has 0 aliphatic rings. The van der Waals surface area contributed by atoms with Gasteiger partial charge in [0.25, 0.3) is 0 Å². The summed E-state index contributed by atoms with van der Waals surface area (Å²) in [6.45, 7) is 0. The van der Waals surface area contributed by atoms with Gasteiger partial charge in [0.2, 0.25) is 0 Å². The van der Waals surface area contributed by atoms with Gasteiger partial charge in [-0.1, -0.05) is 11.8 Å². The maximum absolute atomic E-state index is 12.4. The molecule has 0 spiro atoms. The van der Waals surface area contributed by atoms with E-state index >= 15 is 0 Å². The number of pyridine rings is 1. The third-order valence-corrected chi connectivity index (χ3v) is 2.96. The predicted octanol–water partition coefficient (Wildman–Crippen LogP) is 4.26. The van der Waals surface area contributed by atoms with Gasteiger partial charge in [0.05, 0.1) is 10.0 Å². The van der Waals surface area contributed by atoms with E-state index in [1.165, 1.54) is 12.1 Å². The predicted molar refractivity (Wildman–Crippen MR) is 69.4 cm³/mol. The van der Waals surface area contributed by atoms with Crippen molar-refractivity contribution in [1.29, 1.82) is 0 Å². The number of alkyl halides is 3. The smallest absolute Gasteiger partial charge is 0.263 e. The van der Waals surface area contributed by atoms with E-state index < -0.39 is 11.7 Å². The highest BCUT2D eigenvalue weighted by molar-refractivity contribution is 9.10. The average Bonchev–Trinajstić information content (AvgIpc) is 2.37. The lowest BCUT2D eigenvalue weighted by molar-refractivity contribution is -0.137. The highest BCUT2D eigenvalue weighted by Crippen LogP contribution is 2.28. The molecule has 96 valence electrons. The molecule has 0 saturated carbocycles. The molecule has 0 radical (unpaired) electrons. The van der Waals surface area contributed by atoms with E-state index in [2.05, 4.69) is 32.8 Å². The second-order valence-electron chi connectivity index (χ2n) is 3.68. The molecule has 0 saturated heterocycles. The van der Waals surface area contributed by atoms with Crippen molar-refractivity contribution in [2.45, 2.75) is 6.18 Å². The van der Waals surface area contributed by atoms with Gasteiger partial charge in [-0.15, -0.1) is 0 Å². The van der Waals surface area contributed by atoms with Crippen LogP contribution in [0, 0.1) is 11.8 Å². The van der Waals surface area contributed by atoms with Crippen LogP contribution in [0.2, 0.25) is 0 Å². The molecule has 0 aliphatic carbocycles. The minimum absolute atomic E-state index is 0.525. The fourth-order valence-corrected chi connectivity index (χ4v) is 1.71. The molecule has 0 atom stereocenters. The van der Waals surface area contributed by atoms with Crippen molar-refractivity contribution in [3.63, 3.8) is 0 Å². The monoisotopic (exact) mass is 325 g/mol. The topological polar surface area (TPSA) is 12.9 Å². The van der Waals surface area contributed by atoms with Crippen molar-refractivity contribution in [3.8, 4) is 11.8 Å². The Morgan fingerprint density at radius 1 is 1.00 bits per heavy atom. The summed E-state index contributed by atoms with van der Waals surface area (Å²) in [6.07, 6.45) is -1.11. The van der Waals surface area contributed by atoms with Crippen molar-refractivity contribution in [1.82, 2.24) is 4.98 Å². The minimum atomic E-state index is -4.32. The van der Waals surface area contributed by atoms with Gasteiger partial charge in [-0.25, -0.2) is 0 Å². The van der Waals surface area contributed by atoms with Crippen LogP contribution in [0.4, 0.5) is 13.2 Å². The standard InChI is InChI=1S/C14H7BrF3N/c15-13-9-19-8-7-11(13)4-1-10-2-5-12(6-3-10)14(16,17)18/h2-3,5-9H. The van der Waals surface area contributed by atoms with Gasteiger partial charge >= 0.3 is 6.18 Å². The first-order valence-corrected chi connectivity index (χ1v) is 6.05. The molecule has 2 rings (SSSR count). The third-order valence-electron chi connectivity index (χ3n) is 2.33. The normalized spacial score (nSPS) is 10.7. The number of benzene rings is 1. The van der Waals surface area contributed by atoms with E-state index in [1.54, 1.807) is 18.5 Å². The molecular formula is C14H7BrF3N. The Kier molecular flexibility index (Phi) is 3.91. The summed E-state index contributed by atoms with van der Waals surface area (Å²) in [5.74, 6) is 5.67. The van der Waals surface area contributed by atoms with Crippen LogP contribution in [0.25, 0.3) is 0 Å². The zero-order valence-corrected chi connectivity index (χ0v) is 11.1. The minimum Gasteiger partial charge on any atom is -0.263 e. The fraction of sp³-hybridized carbons (Fsp3) is 0.0714. The second-order valence-corrected chi connectivity index (χ2v) is 4.53. The van der Waals surface area contributed by atoms with Gasteiger partial charge < -0.3 is 0 Å². The van der Waals surface area contributed by atoms with Crippen molar-refractivity contribution in [2.24, 2.45) is 0 Å². The maximum atomic E-state index is 12.4. The molecule has 1 nitrogen and oxygen atoms in total. The summed E-state index contributed by atoms with van der Waals surface area (Å²) in [4.78, 5) is 3.90. The van der Waals surface area contributed by atoms with Crippen molar-refractivity contribution in [2.75, 3.05) is 0 Å². The number of rotatable bonds is 0. The van der Waals surface area contributed by atoms with E-state index in [-0.39, 0.29) is 0 Å². The highest BCUT2D eigenvalue weighted by Gasteiger charge is 2.29. The van der Waals surface area contributed by atoms with Crippen LogP contribution in [0.3, 0.4) is 0 Å². The first kappa shape index (κ1) is 13.6. The van der Waals surface area contributed by atoms with Crippen LogP contribution in [0.5, 0.6) is 0 Å². The number of halogens is 4. The zero-order valence-electron chi connectivity index (χ0n) is 9.50. The Balaban J connectivity index is 2.24. The summed E-state index contributed by atoms with van der Waals surface area (Å²) in [6, 6.07) is 6.47. The summed E-state index contributed by atoms with van der Waals surface area (Å²) < 4.78 is 37.9. The van der Waals surface area contributed by atoms with E-state index in [1.807, 2.05) is 0 Å². The Hall–Kier alpha value is -1.80. The summed E-state index contributed by atoms with van der Waals surface area (Å²) in [5.41, 5.74) is 0.578. The number of hydrogen-bond donors (Lipinski definition) is 0. The summed E-state index contributed by atoms with van der Waals surface area (Å²) in [7, 11) is 0.